The lowest BCUT2D eigenvalue weighted by Crippen LogP contribution is -2.48. The zero-order valence-corrected chi connectivity index (χ0v) is 14.7. The average molecular weight is 355 g/mol. The van der Waals surface area contributed by atoms with Crippen LogP contribution in [0.25, 0.3) is 0 Å². The topological polar surface area (TPSA) is 62.5 Å². The van der Waals surface area contributed by atoms with Crippen molar-refractivity contribution in [2.45, 2.75) is 26.2 Å². The van der Waals surface area contributed by atoms with Gasteiger partial charge in [-0.1, -0.05) is 6.92 Å². The largest absolute Gasteiger partial charge is 0.345 e. The number of aromatic nitrogens is 1. The summed E-state index contributed by atoms with van der Waals surface area (Å²) < 4.78 is 0. The smallest absolute Gasteiger partial charge is 0.222 e. The molecular weight excluding hydrogens is 331 g/mol. The molecule has 8 heteroatoms. The van der Waals surface area contributed by atoms with Gasteiger partial charge in [0.2, 0.25) is 5.91 Å². The number of carbonyl (C=O) groups is 1. The normalized spacial score (nSPS) is 14.4. The van der Waals surface area contributed by atoms with Gasteiger partial charge >= 0.3 is 0 Å². The van der Waals surface area contributed by atoms with Gasteiger partial charge in [-0.3, -0.25) is 4.79 Å². The first kappa shape index (κ1) is 20.4. The van der Waals surface area contributed by atoms with E-state index in [4.69, 9.17) is 5.73 Å². The first-order valence-corrected chi connectivity index (χ1v) is 7.73. The highest BCUT2D eigenvalue weighted by molar-refractivity contribution is 7.15. The average Bonchev–Trinajstić information content (AvgIpc) is 2.94. The Morgan fingerprint density at radius 2 is 2.00 bits per heavy atom. The molecule has 1 aliphatic rings. The van der Waals surface area contributed by atoms with Crippen molar-refractivity contribution in [2.24, 2.45) is 5.73 Å². The molecule has 2 heterocycles. The third kappa shape index (κ3) is 5.62. The molecule has 1 aromatic rings. The summed E-state index contributed by atoms with van der Waals surface area (Å²) in [4.78, 5) is 21.9. The van der Waals surface area contributed by atoms with Crippen molar-refractivity contribution in [3.05, 3.63) is 11.1 Å². The van der Waals surface area contributed by atoms with Crippen LogP contribution in [0.15, 0.2) is 6.20 Å². The Balaban J connectivity index is 0.00000200. The van der Waals surface area contributed by atoms with Crippen LogP contribution in [0.1, 0.15) is 24.6 Å². The van der Waals surface area contributed by atoms with Gasteiger partial charge in [0.15, 0.2) is 5.13 Å². The Labute approximate surface area is 142 Å². The Morgan fingerprint density at radius 1 is 1.33 bits per heavy atom. The van der Waals surface area contributed by atoms with Gasteiger partial charge in [-0.05, 0) is 19.4 Å². The summed E-state index contributed by atoms with van der Waals surface area (Å²) in [5.41, 5.74) is 5.43. The third-order valence-electron chi connectivity index (χ3n) is 3.39. The second kappa shape index (κ2) is 10.2. The quantitative estimate of drug-likeness (QED) is 0.877. The van der Waals surface area contributed by atoms with Gasteiger partial charge in [0.05, 0.1) is 0 Å². The number of rotatable bonds is 5. The summed E-state index contributed by atoms with van der Waals surface area (Å²) in [7, 11) is 0. The number of nitrogens with zero attached hydrogens (tertiary/aromatic N) is 3. The first-order valence-electron chi connectivity index (χ1n) is 6.92. The molecule has 0 aromatic carbocycles. The number of hydrogen-bond acceptors (Lipinski definition) is 5. The molecule has 5 nitrogen and oxygen atoms in total. The maximum atomic E-state index is 11.9. The molecule has 2 rings (SSSR count). The van der Waals surface area contributed by atoms with Crippen molar-refractivity contribution >= 4 is 47.2 Å². The number of halogens is 2. The van der Waals surface area contributed by atoms with Crippen LogP contribution in [0, 0.1) is 0 Å². The number of piperazine rings is 1. The molecule has 1 fully saturated rings. The van der Waals surface area contributed by atoms with E-state index in [0.29, 0.717) is 13.0 Å². The molecule has 0 saturated carbocycles. The monoisotopic (exact) mass is 354 g/mol. The van der Waals surface area contributed by atoms with Crippen molar-refractivity contribution in [3.63, 3.8) is 0 Å². The fourth-order valence-electron chi connectivity index (χ4n) is 2.17. The molecule has 0 spiro atoms. The fourth-order valence-corrected chi connectivity index (χ4v) is 3.07. The molecule has 2 N–H and O–H groups in total. The van der Waals surface area contributed by atoms with E-state index in [-0.39, 0.29) is 30.7 Å². The predicted octanol–water partition coefficient (Wildman–Crippen LogP) is 1.94. The molecule has 21 heavy (non-hydrogen) atoms. The zero-order chi connectivity index (χ0) is 13.7. The Morgan fingerprint density at radius 3 is 2.52 bits per heavy atom. The molecular formula is C13H24Cl2N4OS. The van der Waals surface area contributed by atoms with E-state index in [1.165, 1.54) is 4.88 Å². The maximum absolute atomic E-state index is 11.9. The van der Waals surface area contributed by atoms with Crippen LogP contribution in [0.2, 0.25) is 0 Å². The number of thiazole rings is 1. The second-order valence-corrected chi connectivity index (χ2v) is 5.82. The number of nitrogens with two attached hydrogens (primary N) is 1. The summed E-state index contributed by atoms with van der Waals surface area (Å²) in [6.45, 7) is 6.08. The minimum atomic E-state index is 0. The number of aryl methyl sites for hydroxylation is 1. The molecule has 0 radical (unpaired) electrons. The summed E-state index contributed by atoms with van der Waals surface area (Å²) >= 11 is 1.76. The molecule has 122 valence electrons. The van der Waals surface area contributed by atoms with Gasteiger partial charge in [-0.25, -0.2) is 4.98 Å². The van der Waals surface area contributed by atoms with Crippen molar-refractivity contribution < 1.29 is 4.79 Å². The SMILES string of the molecule is CCc1cnc(N2CCN(C(=O)CCCN)CC2)s1.Cl.Cl. The summed E-state index contributed by atoms with van der Waals surface area (Å²) in [5, 5.41) is 1.09. The van der Waals surface area contributed by atoms with E-state index < -0.39 is 0 Å². The molecule has 1 aromatic heterocycles. The Kier molecular flexibility index (Phi) is 9.94. The Hall–Kier alpha value is -0.560. The lowest BCUT2D eigenvalue weighted by molar-refractivity contribution is -0.131. The molecule has 0 bridgehead atoms. The van der Waals surface area contributed by atoms with Gasteiger partial charge in [-0.2, -0.15) is 0 Å². The Bertz CT molecular complexity index is 422. The molecule has 0 aliphatic carbocycles. The summed E-state index contributed by atoms with van der Waals surface area (Å²) in [6, 6.07) is 0. The van der Waals surface area contributed by atoms with E-state index in [1.807, 2.05) is 11.1 Å². The third-order valence-corrected chi connectivity index (χ3v) is 4.59. The number of hydrogen-bond donors (Lipinski definition) is 1. The number of amides is 1. The van der Waals surface area contributed by atoms with Crippen molar-refractivity contribution in [1.29, 1.82) is 0 Å². The highest BCUT2D eigenvalue weighted by Gasteiger charge is 2.22. The van der Waals surface area contributed by atoms with Crippen LogP contribution in [0.5, 0.6) is 0 Å². The van der Waals surface area contributed by atoms with Crippen LogP contribution in [-0.4, -0.2) is 48.5 Å². The van der Waals surface area contributed by atoms with E-state index in [0.717, 1.165) is 44.2 Å². The summed E-state index contributed by atoms with van der Waals surface area (Å²) in [6.07, 6.45) is 4.35. The number of anilines is 1. The van der Waals surface area contributed by atoms with E-state index in [9.17, 15) is 4.79 Å². The molecule has 1 saturated heterocycles. The lowest BCUT2D eigenvalue weighted by atomic mass is 10.2. The number of carbonyl (C=O) groups excluding carboxylic acids is 1. The van der Waals surface area contributed by atoms with Gasteiger partial charge in [0.25, 0.3) is 0 Å². The van der Waals surface area contributed by atoms with Crippen LogP contribution in [0.4, 0.5) is 5.13 Å². The molecule has 1 amide bonds. The first-order chi connectivity index (χ1) is 9.24. The van der Waals surface area contributed by atoms with E-state index in [1.54, 1.807) is 11.3 Å². The van der Waals surface area contributed by atoms with E-state index >= 15 is 0 Å². The van der Waals surface area contributed by atoms with Gasteiger partial charge in [0, 0.05) is 43.7 Å². The van der Waals surface area contributed by atoms with Crippen molar-refractivity contribution in [3.8, 4) is 0 Å². The standard InChI is InChI=1S/C13H22N4OS.2ClH/c1-2-11-10-15-13(19-11)17-8-6-16(7-9-17)12(18)4-3-5-14;;/h10H,2-9,14H2,1H3;2*1H. The maximum Gasteiger partial charge on any atom is 0.222 e. The van der Waals surface area contributed by atoms with Gasteiger partial charge in [0.1, 0.15) is 0 Å². The molecule has 1 aliphatic heterocycles. The second-order valence-electron chi connectivity index (χ2n) is 4.72. The van der Waals surface area contributed by atoms with Crippen molar-refractivity contribution in [2.75, 3.05) is 37.6 Å². The molecule has 0 atom stereocenters. The lowest BCUT2D eigenvalue weighted by Gasteiger charge is -2.34. The van der Waals surface area contributed by atoms with Gasteiger partial charge in [-0.15, -0.1) is 36.2 Å². The van der Waals surface area contributed by atoms with Crippen LogP contribution >= 0.6 is 36.2 Å². The minimum absolute atomic E-state index is 0. The fraction of sp³-hybridized carbons (Fsp3) is 0.692. The van der Waals surface area contributed by atoms with Crippen LogP contribution in [-0.2, 0) is 11.2 Å². The highest BCUT2D eigenvalue weighted by atomic mass is 35.5. The minimum Gasteiger partial charge on any atom is -0.345 e. The van der Waals surface area contributed by atoms with E-state index in [2.05, 4.69) is 16.8 Å². The predicted molar refractivity (Wildman–Crippen MR) is 93.1 cm³/mol. The van der Waals surface area contributed by atoms with Crippen LogP contribution in [0.3, 0.4) is 0 Å². The van der Waals surface area contributed by atoms with Crippen molar-refractivity contribution in [1.82, 2.24) is 9.88 Å². The zero-order valence-electron chi connectivity index (χ0n) is 12.3. The highest BCUT2D eigenvalue weighted by Crippen LogP contribution is 2.23. The summed E-state index contributed by atoms with van der Waals surface area (Å²) in [5.74, 6) is 0.235. The molecule has 0 unspecified atom stereocenters. The van der Waals surface area contributed by atoms with Gasteiger partial charge < -0.3 is 15.5 Å². The van der Waals surface area contributed by atoms with Crippen LogP contribution < -0.4 is 10.6 Å².